The molecule has 0 saturated carbocycles. The minimum Gasteiger partial charge on any atom is -0.389 e. The molecule has 2 aliphatic carbocycles. The van der Waals surface area contributed by atoms with E-state index in [1.165, 1.54) is 0 Å². The fourth-order valence-electron chi connectivity index (χ4n) is 2.40. The van der Waals surface area contributed by atoms with Crippen LogP contribution in [0.5, 0.6) is 0 Å². The topological polar surface area (TPSA) is 40.5 Å². The average Bonchev–Trinajstić information content (AvgIpc) is 2.07. The molecule has 0 fully saturated rings. The molecule has 0 saturated heterocycles. The van der Waals surface area contributed by atoms with Gasteiger partial charge in [-0.3, -0.25) is 0 Å². The predicted octanol–water partition coefficient (Wildman–Crippen LogP) is 1.37. The molecule has 0 spiro atoms. The molecule has 0 amide bonds. The van der Waals surface area contributed by atoms with E-state index in [9.17, 15) is 10.2 Å². The second-order valence-electron chi connectivity index (χ2n) is 3.87. The highest BCUT2D eigenvalue weighted by atomic mass is 16.3. The van der Waals surface area contributed by atoms with Gasteiger partial charge in [0.05, 0.1) is 12.2 Å². The lowest BCUT2D eigenvalue weighted by atomic mass is 9.79. The van der Waals surface area contributed by atoms with Gasteiger partial charge in [0.2, 0.25) is 0 Å². The quantitative estimate of drug-likeness (QED) is 0.536. The van der Waals surface area contributed by atoms with Gasteiger partial charge >= 0.3 is 0 Å². The average molecular weight is 168 g/mol. The molecular weight excluding hydrogens is 152 g/mol. The SMILES string of the molecule is OC1CCCC2=C1CCC[C@@H]2O. The highest BCUT2D eigenvalue weighted by molar-refractivity contribution is 5.26. The summed E-state index contributed by atoms with van der Waals surface area (Å²) >= 11 is 0. The van der Waals surface area contributed by atoms with Gasteiger partial charge in [-0.05, 0) is 49.7 Å². The molecule has 1 unspecified atom stereocenters. The molecule has 0 aromatic rings. The molecule has 0 bridgehead atoms. The summed E-state index contributed by atoms with van der Waals surface area (Å²) in [5, 5.41) is 19.3. The molecule has 2 atom stereocenters. The second kappa shape index (κ2) is 3.19. The first-order valence-corrected chi connectivity index (χ1v) is 4.87. The van der Waals surface area contributed by atoms with Gasteiger partial charge in [0.15, 0.2) is 0 Å². The van der Waals surface area contributed by atoms with Crippen LogP contribution in [-0.4, -0.2) is 22.4 Å². The molecule has 0 aromatic heterocycles. The van der Waals surface area contributed by atoms with Gasteiger partial charge in [-0.25, -0.2) is 0 Å². The standard InChI is InChI=1S/C10H16O2/c11-9-5-1-3-7-8(9)4-2-6-10(7)12/h9-12H,1-6H2/t9-,10?/m0/s1. The van der Waals surface area contributed by atoms with Crippen LogP contribution < -0.4 is 0 Å². The zero-order valence-corrected chi connectivity index (χ0v) is 7.29. The maximum Gasteiger partial charge on any atom is 0.0753 e. The highest BCUT2D eigenvalue weighted by Gasteiger charge is 2.27. The number of rotatable bonds is 0. The summed E-state index contributed by atoms with van der Waals surface area (Å²) in [6, 6.07) is 0. The van der Waals surface area contributed by atoms with Gasteiger partial charge in [-0.1, -0.05) is 0 Å². The Morgan fingerprint density at radius 2 is 1.25 bits per heavy atom. The number of aliphatic hydroxyl groups excluding tert-OH is 2. The largest absolute Gasteiger partial charge is 0.389 e. The van der Waals surface area contributed by atoms with Crippen LogP contribution in [0.15, 0.2) is 11.1 Å². The van der Waals surface area contributed by atoms with Crippen LogP contribution in [0.2, 0.25) is 0 Å². The molecule has 2 aliphatic rings. The molecule has 0 aliphatic heterocycles. The normalized spacial score (nSPS) is 36.5. The van der Waals surface area contributed by atoms with Crippen molar-refractivity contribution in [3.05, 3.63) is 11.1 Å². The lowest BCUT2D eigenvalue weighted by molar-refractivity contribution is 0.140. The third-order valence-corrected chi connectivity index (χ3v) is 3.06. The summed E-state index contributed by atoms with van der Waals surface area (Å²) < 4.78 is 0. The van der Waals surface area contributed by atoms with Gasteiger partial charge in [0, 0.05) is 0 Å². The molecular formula is C10H16O2. The molecule has 12 heavy (non-hydrogen) atoms. The lowest BCUT2D eigenvalue weighted by Gasteiger charge is -2.31. The van der Waals surface area contributed by atoms with Crippen molar-refractivity contribution in [2.24, 2.45) is 0 Å². The van der Waals surface area contributed by atoms with Crippen molar-refractivity contribution >= 4 is 0 Å². The highest BCUT2D eigenvalue weighted by Crippen LogP contribution is 2.35. The van der Waals surface area contributed by atoms with Crippen LogP contribution in [0.1, 0.15) is 38.5 Å². The van der Waals surface area contributed by atoms with Crippen LogP contribution >= 0.6 is 0 Å². The van der Waals surface area contributed by atoms with E-state index in [0.717, 1.165) is 49.7 Å². The van der Waals surface area contributed by atoms with Gasteiger partial charge in [0.25, 0.3) is 0 Å². The van der Waals surface area contributed by atoms with Crippen LogP contribution in [0.25, 0.3) is 0 Å². The summed E-state index contributed by atoms with van der Waals surface area (Å²) in [5.41, 5.74) is 2.31. The van der Waals surface area contributed by atoms with Crippen LogP contribution in [0.4, 0.5) is 0 Å². The lowest BCUT2D eigenvalue weighted by Crippen LogP contribution is -2.27. The van der Waals surface area contributed by atoms with Gasteiger partial charge in [0.1, 0.15) is 0 Å². The van der Waals surface area contributed by atoms with E-state index >= 15 is 0 Å². The van der Waals surface area contributed by atoms with Crippen molar-refractivity contribution in [3.8, 4) is 0 Å². The van der Waals surface area contributed by atoms with E-state index in [4.69, 9.17) is 0 Å². The molecule has 2 rings (SSSR count). The minimum absolute atomic E-state index is 0.247. The van der Waals surface area contributed by atoms with Gasteiger partial charge in [-0.15, -0.1) is 0 Å². The van der Waals surface area contributed by atoms with E-state index in [0.29, 0.717) is 0 Å². The number of aliphatic hydroxyl groups is 2. The Labute approximate surface area is 72.9 Å². The molecule has 2 N–H and O–H groups in total. The molecule has 2 heteroatoms. The zero-order chi connectivity index (χ0) is 8.55. The van der Waals surface area contributed by atoms with Crippen molar-refractivity contribution < 1.29 is 10.2 Å². The summed E-state index contributed by atoms with van der Waals surface area (Å²) in [5.74, 6) is 0. The van der Waals surface area contributed by atoms with E-state index in [-0.39, 0.29) is 12.2 Å². The molecule has 68 valence electrons. The monoisotopic (exact) mass is 168 g/mol. The Hall–Kier alpha value is -0.340. The third-order valence-electron chi connectivity index (χ3n) is 3.06. The minimum atomic E-state index is -0.247. The fourth-order valence-corrected chi connectivity index (χ4v) is 2.40. The number of hydrogen-bond donors (Lipinski definition) is 2. The first kappa shape index (κ1) is 8.27. The van der Waals surface area contributed by atoms with Gasteiger partial charge in [-0.2, -0.15) is 0 Å². The summed E-state index contributed by atoms with van der Waals surface area (Å²) in [4.78, 5) is 0. The van der Waals surface area contributed by atoms with Crippen LogP contribution in [0.3, 0.4) is 0 Å². The number of hydrogen-bond acceptors (Lipinski definition) is 2. The van der Waals surface area contributed by atoms with Crippen molar-refractivity contribution in [2.45, 2.75) is 50.7 Å². The Morgan fingerprint density at radius 3 is 1.67 bits per heavy atom. The van der Waals surface area contributed by atoms with Crippen molar-refractivity contribution in [1.29, 1.82) is 0 Å². The molecule has 2 nitrogen and oxygen atoms in total. The first-order chi connectivity index (χ1) is 5.79. The molecule has 0 radical (unpaired) electrons. The smallest absolute Gasteiger partial charge is 0.0753 e. The Morgan fingerprint density at radius 1 is 0.833 bits per heavy atom. The maximum absolute atomic E-state index is 9.65. The molecule has 0 aromatic carbocycles. The maximum atomic E-state index is 9.65. The first-order valence-electron chi connectivity index (χ1n) is 4.87. The predicted molar refractivity (Wildman–Crippen MR) is 46.7 cm³/mol. The second-order valence-corrected chi connectivity index (χ2v) is 3.87. The Balaban J connectivity index is 2.26. The van der Waals surface area contributed by atoms with Gasteiger partial charge < -0.3 is 10.2 Å². The van der Waals surface area contributed by atoms with E-state index in [2.05, 4.69) is 0 Å². The summed E-state index contributed by atoms with van der Waals surface area (Å²) in [6.45, 7) is 0. The summed E-state index contributed by atoms with van der Waals surface area (Å²) in [6.07, 6.45) is 5.39. The Bertz CT molecular complexity index is 186. The summed E-state index contributed by atoms with van der Waals surface area (Å²) in [7, 11) is 0. The van der Waals surface area contributed by atoms with Crippen LogP contribution in [-0.2, 0) is 0 Å². The van der Waals surface area contributed by atoms with Crippen molar-refractivity contribution in [1.82, 2.24) is 0 Å². The van der Waals surface area contributed by atoms with Crippen LogP contribution in [0, 0.1) is 0 Å². The van der Waals surface area contributed by atoms with E-state index in [1.54, 1.807) is 0 Å². The Kier molecular flexibility index (Phi) is 2.20. The van der Waals surface area contributed by atoms with E-state index in [1.807, 2.05) is 0 Å². The van der Waals surface area contributed by atoms with E-state index < -0.39 is 0 Å². The van der Waals surface area contributed by atoms with Crippen molar-refractivity contribution in [2.75, 3.05) is 0 Å². The molecule has 0 heterocycles. The van der Waals surface area contributed by atoms with Crippen molar-refractivity contribution in [3.63, 3.8) is 0 Å². The third kappa shape index (κ3) is 1.29. The fraction of sp³-hybridized carbons (Fsp3) is 0.800. The zero-order valence-electron chi connectivity index (χ0n) is 7.29.